The number of rotatable bonds is 4. The molecule has 2 aromatic carbocycles. The molecule has 3 aromatic rings. The number of carbonyl (C=O) groups excluding carboxylic acids is 1. The Balaban J connectivity index is 1.17. The van der Waals surface area contributed by atoms with E-state index in [9.17, 15) is 4.79 Å². The predicted molar refractivity (Wildman–Crippen MR) is 113 cm³/mol. The second-order valence-electron chi connectivity index (χ2n) is 7.90. The third-order valence-corrected chi connectivity index (χ3v) is 5.87. The molecule has 170 valence electrons. The number of nitrogens with zero attached hydrogens (tertiary/aromatic N) is 4. The van der Waals surface area contributed by atoms with Gasteiger partial charge >= 0.3 is 6.09 Å². The molecule has 6 rings (SSSR count). The van der Waals surface area contributed by atoms with Crippen LogP contribution in [-0.2, 0) is 14.2 Å². The van der Waals surface area contributed by atoms with Gasteiger partial charge in [-0.2, -0.15) is 0 Å². The van der Waals surface area contributed by atoms with Crippen LogP contribution in [0.25, 0.3) is 11.4 Å². The lowest BCUT2D eigenvalue weighted by atomic mass is 10.1. The summed E-state index contributed by atoms with van der Waals surface area (Å²) in [5.41, 5.74) is 1.45. The van der Waals surface area contributed by atoms with Gasteiger partial charge < -0.3 is 23.7 Å². The lowest BCUT2D eigenvalue weighted by molar-refractivity contribution is 0.00774. The van der Waals surface area contributed by atoms with Crippen molar-refractivity contribution in [3.8, 4) is 22.9 Å². The summed E-state index contributed by atoms with van der Waals surface area (Å²) in [6.07, 6.45) is -1.84. The minimum absolute atomic E-state index is 0.232. The maximum Gasteiger partial charge on any atom is 0.412 e. The summed E-state index contributed by atoms with van der Waals surface area (Å²) in [7, 11) is 0. The molecule has 0 aliphatic carbocycles. The second-order valence-corrected chi connectivity index (χ2v) is 7.90. The molecular weight excluding hydrogens is 430 g/mol. The lowest BCUT2D eigenvalue weighted by Crippen LogP contribution is -2.35. The summed E-state index contributed by atoms with van der Waals surface area (Å²) in [5, 5.41) is 15.0. The normalized spacial score (nSPS) is 25.5. The van der Waals surface area contributed by atoms with Gasteiger partial charge in [0, 0.05) is 11.3 Å². The van der Waals surface area contributed by atoms with Crippen LogP contribution in [0.1, 0.15) is 6.04 Å². The first-order valence-electron chi connectivity index (χ1n) is 10.7. The number of anilines is 1. The first-order chi connectivity index (χ1) is 16.3. The van der Waals surface area contributed by atoms with Gasteiger partial charge in [-0.1, -0.05) is 18.2 Å². The first-order valence-corrected chi connectivity index (χ1v) is 10.7. The fourth-order valence-corrected chi connectivity index (χ4v) is 4.35. The molecule has 4 heterocycles. The van der Waals surface area contributed by atoms with Crippen LogP contribution in [0.5, 0.6) is 11.5 Å². The minimum atomic E-state index is -0.554. The Morgan fingerprint density at radius 3 is 2.70 bits per heavy atom. The van der Waals surface area contributed by atoms with Gasteiger partial charge in [-0.25, -0.2) is 9.48 Å². The number of fused-ring (bicyclic) bond motifs is 2. The molecular formula is C22H21N5O6. The monoisotopic (exact) mass is 451 g/mol. The number of hydrogen-bond acceptors (Lipinski definition) is 9. The van der Waals surface area contributed by atoms with E-state index in [0.29, 0.717) is 42.8 Å². The van der Waals surface area contributed by atoms with Gasteiger partial charge in [0.25, 0.3) is 0 Å². The van der Waals surface area contributed by atoms with Gasteiger partial charge in [-0.05, 0) is 40.8 Å². The summed E-state index contributed by atoms with van der Waals surface area (Å²) in [6, 6.07) is 14.4. The number of benzene rings is 2. The maximum absolute atomic E-state index is 12.3. The summed E-state index contributed by atoms with van der Waals surface area (Å²) in [4.78, 5) is 12.3. The number of ether oxygens (including phenoxy) is 5. The van der Waals surface area contributed by atoms with Crippen molar-refractivity contribution in [2.45, 2.75) is 24.4 Å². The number of tetrazole rings is 1. The third kappa shape index (κ3) is 3.74. The molecule has 11 nitrogen and oxygen atoms in total. The third-order valence-electron chi connectivity index (χ3n) is 5.87. The van der Waals surface area contributed by atoms with E-state index in [1.807, 2.05) is 36.4 Å². The molecule has 2 saturated heterocycles. The van der Waals surface area contributed by atoms with Crippen molar-refractivity contribution in [2.24, 2.45) is 0 Å². The summed E-state index contributed by atoms with van der Waals surface area (Å²) in [6.45, 7) is 1.58. The van der Waals surface area contributed by atoms with Crippen LogP contribution in [0.15, 0.2) is 48.5 Å². The Labute approximate surface area is 188 Å². The largest absolute Gasteiger partial charge is 0.486 e. The fraction of sp³-hybridized carbons (Fsp3) is 0.364. The van der Waals surface area contributed by atoms with Gasteiger partial charge in [0.1, 0.15) is 31.5 Å². The molecule has 1 amide bonds. The SMILES string of the molecule is O=C(Nc1ccccc1)OC1COC2C1OCC2n1nnnc1-c1ccc2c(c1)OCCO2. The van der Waals surface area contributed by atoms with Crippen molar-refractivity contribution >= 4 is 11.8 Å². The summed E-state index contributed by atoms with van der Waals surface area (Å²) >= 11 is 0. The van der Waals surface area contributed by atoms with Gasteiger partial charge in [0.2, 0.25) is 0 Å². The Hall–Kier alpha value is -3.70. The fourth-order valence-electron chi connectivity index (χ4n) is 4.35. The summed E-state index contributed by atoms with van der Waals surface area (Å²) in [5.74, 6) is 1.92. The molecule has 3 aliphatic rings. The first kappa shape index (κ1) is 19.9. The average molecular weight is 451 g/mol. The number of aromatic nitrogens is 4. The molecule has 3 aliphatic heterocycles. The molecule has 0 bridgehead atoms. The van der Waals surface area contributed by atoms with Crippen LogP contribution in [0, 0.1) is 0 Å². The van der Waals surface area contributed by atoms with Crippen molar-refractivity contribution in [3.63, 3.8) is 0 Å². The Morgan fingerprint density at radius 2 is 1.82 bits per heavy atom. The zero-order chi connectivity index (χ0) is 22.2. The zero-order valence-electron chi connectivity index (χ0n) is 17.5. The van der Waals surface area contributed by atoms with E-state index in [4.69, 9.17) is 23.7 Å². The quantitative estimate of drug-likeness (QED) is 0.636. The van der Waals surface area contributed by atoms with Crippen LogP contribution in [0.2, 0.25) is 0 Å². The van der Waals surface area contributed by atoms with Gasteiger partial charge in [-0.3, -0.25) is 5.32 Å². The van der Waals surface area contributed by atoms with Crippen LogP contribution >= 0.6 is 0 Å². The Bertz CT molecular complexity index is 1160. The molecule has 1 aromatic heterocycles. The highest BCUT2D eigenvalue weighted by Gasteiger charge is 2.51. The van der Waals surface area contributed by atoms with Crippen molar-refractivity contribution in [2.75, 3.05) is 31.7 Å². The van der Waals surface area contributed by atoms with Gasteiger partial charge in [-0.15, -0.1) is 5.10 Å². The van der Waals surface area contributed by atoms with Crippen LogP contribution < -0.4 is 14.8 Å². The average Bonchev–Trinajstić information content (AvgIpc) is 3.57. The lowest BCUT2D eigenvalue weighted by Gasteiger charge is -2.20. The van der Waals surface area contributed by atoms with E-state index in [-0.39, 0.29) is 18.8 Å². The standard InChI is InChI=1S/C22H21N5O6/c28-22(23-14-4-2-1-3-5-14)33-18-12-32-19-15(11-31-20(18)19)27-21(24-25-26-27)13-6-7-16-17(10-13)30-9-8-29-16/h1-7,10,15,18-20H,8-9,11-12H2,(H,23,28). The number of amides is 1. The molecule has 11 heteroatoms. The molecule has 4 unspecified atom stereocenters. The van der Waals surface area contributed by atoms with Crippen LogP contribution in [0.4, 0.5) is 10.5 Å². The van der Waals surface area contributed by atoms with Crippen molar-refractivity contribution < 1.29 is 28.5 Å². The van der Waals surface area contributed by atoms with Crippen LogP contribution in [0.3, 0.4) is 0 Å². The van der Waals surface area contributed by atoms with E-state index < -0.39 is 18.3 Å². The highest BCUT2D eigenvalue weighted by Crippen LogP contribution is 2.38. The number of hydrogen-bond donors (Lipinski definition) is 1. The molecule has 2 fully saturated rings. The zero-order valence-corrected chi connectivity index (χ0v) is 17.5. The second kappa shape index (κ2) is 8.34. The molecule has 4 atom stereocenters. The number of nitrogens with one attached hydrogen (secondary N) is 1. The molecule has 33 heavy (non-hydrogen) atoms. The van der Waals surface area contributed by atoms with Crippen molar-refractivity contribution in [3.05, 3.63) is 48.5 Å². The topological polar surface area (TPSA) is 119 Å². The minimum Gasteiger partial charge on any atom is -0.486 e. The Morgan fingerprint density at radius 1 is 1.00 bits per heavy atom. The van der Waals surface area contributed by atoms with E-state index in [0.717, 1.165) is 5.56 Å². The molecule has 0 saturated carbocycles. The number of carbonyl (C=O) groups is 1. The van der Waals surface area contributed by atoms with E-state index in [1.54, 1.807) is 16.8 Å². The Kier molecular flexibility index (Phi) is 5.04. The van der Waals surface area contributed by atoms with Crippen molar-refractivity contribution in [1.82, 2.24) is 20.2 Å². The van der Waals surface area contributed by atoms with Crippen LogP contribution in [-0.4, -0.2) is 71.0 Å². The molecule has 1 N–H and O–H groups in total. The van der Waals surface area contributed by atoms with E-state index in [1.165, 1.54) is 0 Å². The summed E-state index contributed by atoms with van der Waals surface area (Å²) < 4.78 is 30.5. The van der Waals surface area contributed by atoms with Gasteiger partial charge in [0.05, 0.1) is 13.2 Å². The van der Waals surface area contributed by atoms with Gasteiger partial charge in [0.15, 0.2) is 23.4 Å². The maximum atomic E-state index is 12.3. The van der Waals surface area contributed by atoms with Crippen molar-refractivity contribution in [1.29, 1.82) is 0 Å². The van der Waals surface area contributed by atoms with E-state index in [2.05, 4.69) is 20.8 Å². The van der Waals surface area contributed by atoms with E-state index >= 15 is 0 Å². The number of para-hydroxylation sites is 1. The molecule has 0 radical (unpaired) electrons. The molecule has 0 spiro atoms. The highest BCUT2D eigenvalue weighted by atomic mass is 16.6. The highest BCUT2D eigenvalue weighted by molar-refractivity contribution is 5.84. The predicted octanol–water partition coefficient (Wildman–Crippen LogP) is 2.07. The smallest absolute Gasteiger partial charge is 0.412 e.